The van der Waals surface area contributed by atoms with Gasteiger partial charge >= 0.3 is 0 Å². The summed E-state index contributed by atoms with van der Waals surface area (Å²) in [5, 5.41) is 4.53. The molecule has 1 N–H and O–H groups in total. The van der Waals surface area contributed by atoms with Crippen molar-refractivity contribution in [3.63, 3.8) is 0 Å². The molecule has 0 aliphatic heterocycles. The van der Waals surface area contributed by atoms with E-state index in [1.165, 1.54) is 19.3 Å². The maximum atomic E-state index is 5.35. The van der Waals surface area contributed by atoms with Gasteiger partial charge in [-0.25, -0.2) is 4.98 Å². The lowest BCUT2D eigenvalue weighted by Gasteiger charge is -2.14. The molecular weight excluding hydrogens is 200 g/mol. The van der Waals surface area contributed by atoms with Crippen molar-refractivity contribution < 1.29 is 4.42 Å². The first-order valence-electron chi connectivity index (χ1n) is 5.89. The maximum Gasteiger partial charge on any atom is 0.139 e. The van der Waals surface area contributed by atoms with Crippen molar-refractivity contribution in [3.05, 3.63) is 24.6 Å². The van der Waals surface area contributed by atoms with E-state index >= 15 is 0 Å². The molecule has 3 nitrogen and oxygen atoms in total. The average Bonchev–Trinajstić information content (AvgIpc) is 2.94. The quantitative estimate of drug-likeness (QED) is 0.850. The molecule has 3 heteroatoms. The molecule has 0 spiro atoms. The number of aromatic nitrogens is 1. The van der Waals surface area contributed by atoms with E-state index in [9.17, 15) is 0 Å². The van der Waals surface area contributed by atoms with Gasteiger partial charge in [-0.3, -0.25) is 0 Å². The Hall–Kier alpha value is -1.51. The normalized spacial score (nSPS) is 17.6. The minimum Gasteiger partial charge on any atom is -0.464 e. The standard InChI is InChI=1S/C13H16N2O/c1-2-13(5-6-13)9-15-12-10-4-8-16-11(10)3-7-14-12/h3-4,7-8H,2,5-6,9H2,1H3,(H,14,15). The van der Waals surface area contributed by atoms with Crippen molar-refractivity contribution >= 4 is 16.8 Å². The minimum absolute atomic E-state index is 0.535. The van der Waals surface area contributed by atoms with Crippen LogP contribution in [0.3, 0.4) is 0 Å². The molecule has 1 aliphatic rings. The van der Waals surface area contributed by atoms with E-state index in [0.29, 0.717) is 5.41 Å². The summed E-state index contributed by atoms with van der Waals surface area (Å²) >= 11 is 0. The third kappa shape index (κ3) is 1.56. The molecular formula is C13H16N2O. The van der Waals surface area contributed by atoms with Gasteiger partial charge in [0.05, 0.1) is 11.6 Å². The first-order valence-corrected chi connectivity index (χ1v) is 5.89. The summed E-state index contributed by atoms with van der Waals surface area (Å²) in [7, 11) is 0. The predicted molar refractivity (Wildman–Crippen MR) is 64.5 cm³/mol. The van der Waals surface area contributed by atoms with Gasteiger partial charge in [0, 0.05) is 12.7 Å². The zero-order chi connectivity index (χ0) is 11.0. The van der Waals surface area contributed by atoms with E-state index in [2.05, 4.69) is 17.2 Å². The molecule has 0 radical (unpaired) electrons. The molecule has 0 saturated heterocycles. The number of anilines is 1. The lowest BCUT2D eigenvalue weighted by Crippen LogP contribution is -2.15. The minimum atomic E-state index is 0.535. The van der Waals surface area contributed by atoms with Gasteiger partial charge in [0.25, 0.3) is 0 Å². The van der Waals surface area contributed by atoms with Gasteiger partial charge in [-0.2, -0.15) is 0 Å². The second-order valence-corrected chi connectivity index (χ2v) is 4.70. The van der Waals surface area contributed by atoms with E-state index in [-0.39, 0.29) is 0 Å². The number of rotatable bonds is 4. The molecule has 1 fully saturated rings. The van der Waals surface area contributed by atoms with Gasteiger partial charge in [0.15, 0.2) is 0 Å². The van der Waals surface area contributed by atoms with Gasteiger partial charge in [0.2, 0.25) is 0 Å². The van der Waals surface area contributed by atoms with Crippen molar-refractivity contribution in [1.29, 1.82) is 0 Å². The van der Waals surface area contributed by atoms with Crippen LogP contribution in [0.15, 0.2) is 29.0 Å². The highest BCUT2D eigenvalue weighted by Gasteiger charge is 2.40. The van der Waals surface area contributed by atoms with Crippen molar-refractivity contribution in [2.75, 3.05) is 11.9 Å². The molecule has 3 rings (SSSR count). The second-order valence-electron chi connectivity index (χ2n) is 4.70. The lowest BCUT2D eigenvalue weighted by atomic mass is 10.0. The molecule has 2 aromatic heterocycles. The Balaban J connectivity index is 1.81. The smallest absolute Gasteiger partial charge is 0.139 e. The number of pyridine rings is 1. The first-order chi connectivity index (χ1) is 7.83. The number of hydrogen-bond acceptors (Lipinski definition) is 3. The van der Waals surface area contributed by atoms with Crippen LogP contribution in [0.4, 0.5) is 5.82 Å². The van der Waals surface area contributed by atoms with Crippen LogP contribution in [0, 0.1) is 5.41 Å². The second kappa shape index (κ2) is 3.51. The summed E-state index contributed by atoms with van der Waals surface area (Å²) in [6.07, 6.45) is 7.45. The summed E-state index contributed by atoms with van der Waals surface area (Å²) in [6.45, 7) is 3.29. The van der Waals surface area contributed by atoms with Crippen molar-refractivity contribution in [1.82, 2.24) is 4.98 Å². The third-order valence-corrected chi connectivity index (χ3v) is 3.72. The fraction of sp³-hybridized carbons (Fsp3) is 0.462. The fourth-order valence-corrected chi connectivity index (χ4v) is 2.14. The molecule has 0 aromatic carbocycles. The molecule has 2 heterocycles. The molecule has 0 atom stereocenters. The van der Waals surface area contributed by atoms with Crippen LogP contribution >= 0.6 is 0 Å². The highest BCUT2D eigenvalue weighted by Crippen LogP contribution is 2.48. The van der Waals surface area contributed by atoms with Crippen molar-refractivity contribution in [2.24, 2.45) is 5.41 Å². The Bertz CT molecular complexity index is 499. The van der Waals surface area contributed by atoms with Crippen molar-refractivity contribution in [3.8, 4) is 0 Å². The molecule has 2 aromatic rings. The molecule has 1 saturated carbocycles. The van der Waals surface area contributed by atoms with Gasteiger partial charge in [-0.1, -0.05) is 6.92 Å². The van der Waals surface area contributed by atoms with Gasteiger partial charge in [-0.15, -0.1) is 0 Å². The zero-order valence-electron chi connectivity index (χ0n) is 9.49. The Morgan fingerprint density at radius 1 is 1.44 bits per heavy atom. The van der Waals surface area contributed by atoms with E-state index in [0.717, 1.165) is 23.3 Å². The highest BCUT2D eigenvalue weighted by molar-refractivity contribution is 5.87. The van der Waals surface area contributed by atoms with Crippen LogP contribution in [-0.4, -0.2) is 11.5 Å². The van der Waals surface area contributed by atoms with Crippen LogP contribution < -0.4 is 5.32 Å². The van der Waals surface area contributed by atoms with Gasteiger partial charge in [0.1, 0.15) is 11.4 Å². The Kier molecular flexibility index (Phi) is 2.13. The van der Waals surface area contributed by atoms with Crippen LogP contribution in [-0.2, 0) is 0 Å². The summed E-state index contributed by atoms with van der Waals surface area (Å²) < 4.78 is 5.35. The summed E-state index contributed by atoms with van der Waals surface area (Å²) in [5.41, 5.74) is 1.44. The van der Waals surface area contributed by atoms with Crippen LogP contribution in [0.1, 0.15) is 26.2 Å². The topological polar surface area (TPSA) is 38.1 Å². The monoisotopic (exact) mass is 216 g/mol. The van der Waals surface area contributed by atoms with Crippen LogP contribution in [0.2, 0.25) is 0 Å². The molecule has 1 aliphatic carbocycles. The predicted octanol–water partition coefficient (Wildman–Crippen LogP) is 3.43. The summed E-state index contributed by atoms with van der Waals surface area (Å²) in [6, 6.07) is 3.86. The molecule has 84 valence electrons. The van der Waals surface area contributed by atoms with Gasteiger partial charge < -0.3 is 9.73 Å². The Labute approximate surface area is 94.9 Å². The molecule has 16 heavy (non-hydrogen) atoms. The average molecular weight is 216 g/mol. The van der Waals surface area contributed by atoms with E-state index in [1.807, 2.05) is 12.1 Å². The number of hydrogen-bond donors (Lipinski definition) is 1. The van der Waals surface area contributed by atoms with E-state index < -0.39 is 0 Å². The third-order valence-electron chi connectivity index (χ3n) is 3.72. The number of nitrogens with one attached hydrogen (secondary N) is 1. The summed E-state index contributed by atoms with van der Waals surface area (Å²) in [5.74, 6) is 0.950. The number of furan rings is 1. The van der Waals surface area contributed by atoms with E-state index in [1.54, 1.807) is 12.5 Å². The largest absolute Gasteiger partial charge is 0.464 e. The van der Waals surface area contributed by atoms with Crippen LogP contribution in [0.25, 0.3) is 11.0 Å². The first kappa shape index (κ1) is 9.70. The Morgan fingerprint density at radius 3 is 3.06 bits per heavy atom. The number of fused-ring (bicyclic) bond motifs is 1. The highest BCUT2D eigenvalue weighted by atomic mass is 16.3. The lowest BCUT2D eigenvalue weighted by molar-refractivity contribution is 0.521. The Morgan fingerprint density at radius 2 is 2.31 bits per heavy atom. The summed E-state index contributed by atoms with van der Waals surface area (Å²) in [4.78, 5) is 4.37. The zero-order valence-corrected chi connectivity index (χ0v) is 9.49. The SMILES string of the molecule is CCC1(CNc2nccc3occc23)CC1. The van der Waals surface area contributed by atoms with E-state index in [4.69, 9.17) is 4.42 Å². The maximum absolute atomic E-state index is 5.35. The van der Waals surface area contributed by atoms with Crippen LogP contribution in [0.5, 0.6) is 0 Å². The fourth-order valence-electron chi connectivity index (χ4n) is 2.14. The number of nitrogens with zero attached hydrogens (tertiary/aromatic N) is 1. The van der Waals surface area contributed by atoms with Gasteiger partial charge in [-0.05, 0) is 36.8 Å². The molecule has 0 amide bonds. The molecule has 0 bridgehead atoms. The van der Waals surface area contributed by atoms with Crippen molar-refractivity contribution in [2.45, 2.75) is 26.2 Å². The molecule has 0 unspecified atom stereocenters.